The molecule has 1 aliphatic heterocycles. The number of aromatic hydroxyl groups is 3. The van der Waals surface area contributed by atoms with Crippen LogP contribution in [0, 0.1) is 13.8 Å². The van der Waals surface area contributed by atoms with Gasteiger partial charge in [0.15, 0.2) is 0 Å². The molecule has 0 unspecified atom stereocenters. The van der Waals surface area contributed by atoms with Crippen molar-refractivity contribution in [3.63, 3.8) is 0 Å². The first-order valence-electron chi connectivity index (χ1n) is 33.2. The predicted octanol–water partition coefficient (Wildman–Crippen LogP) is 20.8. The van der Waals surface area contributed by atoms with Gasteiger partial charge in [-0.15, -0.1) is 0 Å². The minimum Gasteiger partial charge on any atom is -0.507 e. The summed E-state index contributed by atoms with van der Waals surface area (Å²) in [6, 6.07) is 110. The fourth-order valence-corrected chi connectivity index (χ4v) is 15.6. The molecular formula is C91H76O7. The summed E-state index contributed by atoms with van der Waals surface area (Å²) in [5, 5.41) is 36.9. The molecule has 0 fully saturated rings. The summed E-state index contributed by atoms with van der Waals surface area (Å²) in [5.41, 5.74) is 18.7. The lowest BCUT2D eigenvalue weighted by Crippen LogP contribution is -2.34. The Labute approximate surface area is 573 Å². The molecule has 0 radical (unpaired) electrons. The smallest absolute Gasteiger partial charge is 0.132 e. The molecule has 2 aliphatic rings. The van der Waals surface area contributed by atoms with Crippen LogP contribution in [0.4, 0.5) is 0 Å². The van der Waals surface area contributed by atoms with Crippen LogP contribution < -0.4 is 4.74 Å². The molecule has 1 aliphatic carbocycles. The number of rotatable bonds is 14. The van der Waals surface area contributed by atoms with E-state index in [-0.39, 0.29) is 5.75 Å². The Bertz CT molecular complexity index is 5050. The number of aryl methyl sites for hydroxylation is 2. The number of hydrogen-bond acceptors (Lipinski definition) is 7. The molecule has 98 heavy (non-hydrogen) atoms. The molecule has 0 saturated carbocycles. The number of phenolic OH excluding ortho intramolecular Hbond substituents is 3. The van der Waals surface area contributed by atoms with Gasteiger partial charge in [-0.05, 0) is 144 Å². The second-order valence-electron chi connectivity index (χ2n) is 25.3. The number of para-hydroxylation sites is 2. The van der Waals surface area contributed by atoms with E-state index in [2.05, 4.69) is 267 Å². The lowest BCUT2D eigenvalue weighted by Gasteiger charge is -2.41. The average Bonchev–Trinajstić information content (AvgIpc) is 1.54. The zero-order chi connectivity index (χ0) is 67.4. The monoisotopic (exact) mass is 1280 g/mol. The molecule has 16 rings (SSSR count). The lowest BCUT2D eigenvalue weighted by atomic mass is 9.63. The van der Waals surface area contributed by atoms with Crippen LogP contribution in [0.5, 0.6) is 28.7 Å². The number of methoxy groups -OCH3 is 3. The van der Waals surface area contributed by atoms with Crippen molar-refractivity contribution in [2.45, 2.75) is 49.9 Å². The molecule has 0 atom stereocenters. The van der Waals surface area contributed by atoms with Gasteiger partial charge in [0.1, 0.15) is 28.7 Å². The fourth-order valence-electron chi connectivity index (χ4n) is 15.6. The van der Waals surface area contributed by atoms with Gasteiger partial charge in [-0.1, -0.05) is 279 Å². The van der Waals surface area contributed by atoms with Crippen LogP contribution in [-0.2, 0) is 50.3 Å². The second-order valence-corrected chi connectivity index (χ2v) is 25.3. The molecule has 482 valence electrons. The highest BCUT2D eigenvalue weighted by Gasteiger charge is 2.48. The van der Waals surface area contributed by atoms with Crippen LogP contribution in [0.25, 0.3) is 32.7 Å². The van der Waals surface area contributed by atoms with Crippen LogP contribution in [-0.4, -0.2) is 36.6 Å². The van der Waals surface area contributed by atoms with E-state index in [0.29, 0.717) is 31.3 Å². The standard InChI is InChI=1S/C32H28O2.C31H24O2.C28H24O3/c1-23-19-30(21-26(22-34-2)31(23)33)32(27-13-5-3-6-14-27,28-15-7-4-8-16-28)29-18-17-24-11-9-10-12-25(24)20-29;1-33-20-21-19-29(25-15-5-6-16-26(25)30(21)32)31(22-11-3-2-4-12-22)27-17-9-7-13-23(27)24-14-8-10-18-28(24)31;1-19-16-22(17-20(18-30-2)27(19)29)28(21-10-4-3-5-11-21)23-12-6-8-14-25(23)31-26-15-9-7-13-24(26)28/h3-21,33H,22H2,1-2H3;2-19,32H,20H2,1H3;3-17,29H,18H2,1-2H3. The predicted molar refractivity (Wildman–Crippen MR) is 395 cm³/mol. The molecule has 7 nitrogen and oxygen atoms in total. The minimum absolute atomic E-state index is 0.280. The molecule has 0 saturated heterocycles. The third-order valence-corrected chi connectivity index (χ3v) is 19.8. The van der Waals surface area contributed by atoms with Crippen molar-refractivity contribution in [1.82, 2.24) is 0 Å². The summed E-state index contributed by atoms with van der Waals surface area (Å²) in [7, 11) is 4.97. The maximum absolute atomic E-state index is 11.1. The first-order chi connectivity index (χ1) is 48.1. The van der Waals surface area contributed by atoms with Crippen molar-refractivity contribution in [2.75, 3.05) is 21.3 Å². The highest BCUT2D eigenvalue weighted by Crippen LogP contribution is 2.59. The summed E-state index contributed by atoms with van der Waals surface area (Å²) in [6.45, 7) is 4.92. The van der Waals surface area contributed by atoms with E-state index in [4.69, 9.17) is 18.9 Å². The quantitative estimate of drug-likeness (QED) is 0.0933. The van der Waals surface area contributed by atoms with E-state index in [1.807, 2.05) is 62.4 Å². The van der Waals surface area contributed by atoms with E-state index in [1.54, 1.807) is 21.3 Å². The van der Waals surface area contributed by atoms with Crippen molar-refractivity contribution >= 4 is 21.5 Å². The second kappa shape index (κ2) is 27.4. The molecule has 1 heterocycles. The van der Waals surface area contributed by atoms with Gasteiger partial charge in [-0.3, -0.25) is 0 Å². The van der Waals surface area contributed by atoms with Gasteiger partial charge in [0, 0.05) is 54.5 Å². The normalized spacial score (nSPS) is 12.9. The summed E-state index contributed by atoms with van der Waals surface area (Å²) < 4.78 is 22.7. The van der Waals surface area contributed by atoms with E-state index in [0.717, 1.165) is 83.5 Å². The fraction of sp³-hybridized carbons (Fsp3) is 0.121. The number of benzene rings is 14. The molecule has 0 bridgehead atoms. The topological polar surface area (TPSA) is 97.6 Å². The largest absolute Gasteiger partial charge is 0.507 e. The van der Waals surface area contributed by atoms with Crippen molar-refractivity contribution < 1.29 is 34.3 Å². The zero-order valence-electron chi connectivity index (χ0n) is 55.6. The highest BCUT2D eigenvalue weighted by atomic mass is 16.5. The van der Waals surface area contributed by atoms with Gasteiger partial charge < -0.3 is 34.3 Å². The van der Waals surface area contributed by atoms with Gasteiger partial charge in [0.2, 0.25) is 0 Å². The van der Waals surface area contributed by atoms with E-state index in [1.165, 1.54) is 55.3 Å². The summed E-state index contributed by atoms with van der Waals surface area (Å²) in [5.74, 6) is 2.54. The first kappa shape index (κ1) is 64.0. The summed E-state index contributed by atoms with van der Waals surface area (Å²) in [4.78, 5) is 0. The molecule has 14 aromatic rings. The Morgan fingerprint density at radius 1 is 0.306 bits per heavy atom. The van der Waals surface area contributed by atoms with Gasteiger partial charge in [0.25, 0.3) is 0 Å². The summed E-state index contributed by atoms with van der Waals surface area (Å²) in [6.07, 6.45) is 0. The Morgan fingerprint density at radius 2 is 0.724 bits per heavy atom. The van der Waals surface area contributed by atoms with Crippen LogP contribution in [0.1, 0.15) is 94.6 Å². The maximum atomic E-state index is 11.1. The van der Waals surface area contributed by atoms with E-state index in [9.17, 15) is 15.3 Å². The van der Waals surface area contributed by atoms with E-state index >= 15 is 0 Å². The van der Waals surface area contributed by atoms with E-state index < -0.39 is 16.2 Å². The van der Waals surface area contributed by atoms with Gasteiger partial charge in [-0.2, -0.15) is 0 Å². The highest BCUT2D eigenvalue weighted by molar-refractivity contribution is 5.98. The number of hydrogen-bond donors (Lipinski definition) is 3. The number of ether oxygens (including phenoxy) is 4. The minimum atomic E-state index is -0.590. The van der Waals surface area contributed by atoms with Gasteiger partial charge in [0.05, 0.1) is 36.1 Å². The molecule has 3 N–H and O–H groups in total. The molecular weight excluding hydrogens is 1200 g/mol. The van der Waals surface area contributed by atoms with Crippen LogP contribution in [0.15, 0.2) is 315 Å². The average molecular weight is 1280 g/mol. The van der Waals surface area contributed by atoms with Crippen LogP contribution in [0.3, 0.4) is 0 Å². The van der Waals surface area contributed by atoms with Crippen molar-refractivity contribution in [3.8, 4) is 39.9 Å². The maximum Gasteiger partial charge on any atom is 0.132 e. The van der Waals surface area contributed by atoms with Crippen LogP contribution >= 0.6 is 0 Å². The zero-order valence-corrected chi connectivity index (χ0v) is 55.6. The molecule has 14 aromatic carbocycles. The molecule has 0 aromatic heterocycles. The Balaban J connectivity index is 0.000000126. The van der Waals surface area contributed by atoms with Crippen LogP contribution in [0.2, 0.25) is 0 Å². The Morgan fingerprint density at radius 3 is 1.27 bits per heavy atom. The lowest BCUT2D eigenvalue weighted by molar-refractivity contribution is 0.181. The van der Waals surface area contributed by atoms with Crippen molar-refractivity contribution in [1.29, 1.82) is 0 Å². The third-order valence-electron chi connectivity index (χ3n) is 19.8. The van der Waals surface area contributed by atoms with Crippen molar-refractivity contribution in [2.24, 2.45) is 0 Å². The number of phenols is 3. The molecule has 0 amide bonds. The number of fused-ring (bicyclic) bond motifs is 7. The SMILES string of the molecule is COCc1cc(C(c2ccccc2)(c2ccccc2)c2ccc3ccccc3c2)cc(C)c1O.COCc1cc(C2(c3ccccc3)c3ccccc3-c3ccccc32)c2ccccc2c1O.COCc1cc(C2(c3ccccc3)c3ccccc3Oc3ccccc32)cc(C)c1O. The summed E-state index contributed by atoms with van der Waals surface area (Å²) >= 11 is 0. The third kappa shape index (κ3) is 11.0. The first-order valence-corrected chi connectivity index (χ1v) is 33.2. The molecule has 7 heteroatoms. The van der Waals surface area contributed by atoms with Gasteiger partial charge in [-0.25, -0.2) is 0 Å². The van der Waals surface area contributed by atoms with Crippen molar-refractivity contribution in [3.05, 3.63) is 410 Å². The Kier molecular flexibility index (Phi) is 17.9. The molecule has 0 spiro atoms. The Hall–Kier alpha value is -11.3. The van der Waals surface area contributed by atoms with Gasteiger partial charge >= 0.3 is 0 Å².